The SMILES string of the molecule is C[C](C)=[Zr+2].C[C](C)=[Zr+2].Cl.Cl.Cl.Cl.[c-]1cccc2c1Cc1ccccc1-2.c1ccc2[cH-]ccc2c1.c1ccc2c(c1)c1ccccc1c1[cH-]ccc21.c1ccc2c(c1)c1ccccc1c1[cH-]ccc21. The molecule has 13 rings (SSSR count). The zero-order chi connectivity index (χ0) is 44.4. The summed E-state index contributed by atoms with van der Waals surface area (Å²) in [5, 5.41) is 18.9. The van der Waals surface area contributed by atoms with E-state index in [-0.39, 0.29) is 49.6 Å². The van der Waals surface area contributed by atoms with Crippen molar-refractivity contribution in [1.29, 1.82) is 0 Å². The first kappa shape index (κ1) is 56.1. The molecule has 0 spiro atoms. The van der Waals surface area contributed by atoms with Gasteiger partial charge in [-0.2, -0.15) is 71.6 Å². The third-order valence-electron chi connectivity index (χ3n) is 11.2. The number of fused-ring (bicyclic) bond motifs is 16. The Morgan fingerprint density at radius 3 is 1.21 bits per heavy atom. The first-order valence-corrected chi connectivity index (χ1v) is 24.4. The van der Waals surface area contributed by atoms with Crippen LogP contribution in [-0.4, -0.2) is 6.41 Å². The summed E-state index contributed by atoms with van der Waals surface area (Å²) in [5.74, 6) is 0. The molecule has 0 unspecified atom stereocenters. The zero-order valence-corrected chi connectivity index (χ0v) is 46.8. The standard InChI is InChI=1S/2C17H11.C13H9.C9H7.2C3H6.4ClH.2Zr/c2*1-3-8-14-12(6-1)13-7-2-4-9-15(13)17-11-5-10-16(14)17;1-3-7-12-10(5-1)9-11-6-2-4-8-13(11)12;1-2-5-9-7-3-6-8(9)4-1;2*1-3-2;;;;;;/h2*1-11H;1-5,7-8H,9H2;1-7H;2*1-2H3;4*1H;;/q4*-1;;;;;;;2*+2. The van der Waals surface area contributed by atoms with E-state index in [2.05, 4.69) is 246 Å². The molecule has 0 saturated carbocycles. The monoisotopic (exact) mass is 1120 g/mol. The number of halogens is 4. The van der Waals surface area contributed by atoms with Crippen molar-refractivity contribution in [3.63, 3.8) is 0 Å². The van der Waals surface area contributed by atoms with Gasteiger partial charge in [0.2, 0.25) is 0 Å². The summed E-state index contributed by atoms with van der Waals surface area (Å²) in [4.78, 5) is 0. The third kappa shape index (κ3) is 13.2. The minimum absolute atomic E-state index is 0. The molecule has 12 aromatic carbocycles. The number of benzene rings is 9. The van der Waals surface area contributed by atoms with Gasteiger partial charge in [0.05, 0.1) is 0 Å². The van der Waals surface area contributed by atoms with Gasteiger partial charge in [0.15, 0.2) is 0 Å². The normalized spacial score (nSPS) is 10.3. The van der Waals surface area contributed by atoms with Crippen molar-refractivity contribution < 1.29 is 48.5 Å². The van der Waals surface area contributed by atoms with E-state index in [9.17, 15) is 0 Å². The zero-order valence-electron chi connectivity index (χ0n) is 38.6. The Labute approximate surface area is 456 Å². The maximum Gasteiger partial charge on any atom is -0.0253 e. The van der Waals surface area contributed by atoms with Crippen molar-refractivity contribution in [3.05, 3.63) is 236 Å². The number of rotatable bonds is 0. The molecule has 0 heterocycles. The van der Waals surface area contributed by atoms with Gasteiger partial charge >= 0.3 is 82.6 Å². The Kier molecular flexibility index (Phi) is 22.3. The van der Waals surface area contributed by atoms with Gasteiger partial charge < -0.3 is 0 Å². The molecular weight excluding hydrogens is 1070 g/mol. The van der Waals surface area contributed by atoms with Gasteiger partial charge in [0.1, 0.15) is 0 Å². The van der Waals surface area contributed by atoms with Crippen LogP contribution in [0.15, 0.2) is 218 Å². The minimum atomic E-state index is 0. The van der Waals surface area contributed by atoms with Gasteiger partial charge in [-0.1, -0.05) is 171 Å². The molecule has 0 aromatic heterocycles. The molecule has 68 heavy (non-hydrogen) atoms. The fraction of sp³-hybridized carbons (Fsp3) is 0.0806. The van der Waals surface area contributed by atoms with Crippen LogP contribution < -0.4 is 0 Å². The number of hydrogen-bond donors (Lipinski definition) is 0. The summed E-state index contributed by atoms with van der Waals surface area (Å²) in [5.41, 5.74) is 5.51. The summed E-state index contributed by atoms with van der Waals surface area (Å²) >= 11 is 3.11. The Morgan fingerprint density at radius 1 is 0.382 bits per heavy atom. The molecule has 0 fully saturated rings. The summed E-state index contributed by atoms with van der Waals surface area (Å²) < 4.78 is 3.01. The average molecular weight is 1120 g/mol. The molecule has 0 nitrogen and oxygen atoms in total. The van der Waals surface area contributed by atoms with Crippen LogP contribution in [0.2, 0.25) is 0 Å². The van der Waals surface area contributed by atoms with Crippen LogP contribution in [0.25, 0.3) is 86.5 Å². The maximum absolute atomic E-state index is 3.30. The molecule has 1 aliphatic rings. The van der Waals surface area contributed by atoms with Gasteiger partial charge in [0.25, 0.3) is 0 Å². The van der Waals surface area contributed by atoms with Crippen molar-refractivity contribution in [2.75, 3.05) is 0 Å². The molecule has 0 N–H and O–H groups in total. The van der Waals surface area contributed by atoms with E-state index in [1.807, 2.05) is 6.07 Å². The Bertz CT molecular complexity index is 3160. The third-order valence-corrected chi connectivity index (χ3v) is 11.2. The van der Waals surface area contributed by atoms with Gasteiger partial charge in [-0.3, -0.25) is 0 Å². The summed E-state index contributed by atoms with van der Waals surface area (Å²) in [6, 6.07) is 80.5. The van der Waals surface area contributed by atoms with Crippen LogP contribution >= 0.6 is 49.6 Å². The molecule has 12 aromatic rings. The van der Waals surface area contributed by atoms with Crippen molar-refractivity contribution >= 4 is 131 Å². The second-order valence-corrected chi connectivity index (χ2v) is 21.4. The van der Waals surface area contributed by atoms with Gasteiger partial charge in [-0.25, -0.2) is 0 Å². The quantitative estimate of drug-likeness (QED) is 0.105. The van der Waals surface area contributed by atoms with E-state index in [0.29, 0.717) is 0 Å². The van der Waals surface area contributed by atoms with Crippen LogP contribution in [0, 0.1) is 6.07 Å². The molecule has 6 heteroatoms. The summed E-state index contributed by atoms with van der Waals surface area (Å²) in [6.07, 6.45) is 1.05. The second-order valence-electron chi connectivity index (χ2n) is 16.4. The van der Waals surface area contributed by atoms with E-state index in [1.54, 1.807) is 48.5 Å². The molecule has 0 amide bonds. The summed E-state index contributed by atoms with van der Waals surface area (Å²) in [6.45, 7) is 8.49. The number of hydrogen-bond acceptors (Lipinski definition) is 0. The van der Waals surface area contributed by atoms with Crippen molar-refractivity contribution in [3.8, 4) is 11.1 Å². The molecule has 0 radical (unpaired) electrons. The fourth-order valence-electron chi connectivity index (χ4n) is 8.66. The molecule has 0 atom stereocenters. The Morgan fingerprint density at radius 2 is 0.735 bits per heavy atom. The van der Waals surface area contributed by atoms with Crippen molar-refractivity contribution in [1.82, 2.24) is 0 Å². The predicted molar refractivity (Wildman–Crippen MR) is 304 cm³/mol. The first-order valence-electron chi connectivity index (χ1n) is 21.9. The van der Waals surface area contributed by atoms with Gasteiger partial charge in [-0.05, 0) is 17.2 Å². The largest absolute Gasteiger partial charge is 0.179 e. The van der Waals surface area contributed by atoms with Crippen molar-refractivity contribution in [2.45, 2.75) is 34.1 Å². The van der Waals surface area contributed by atoms with Gasteiger partial charge in [-0.15, -0.1) is 119 Å². The molecule has 0 saturated heterocycles. The maximum atomic E-state index is 3.30. The smallest absolute Gasteiger partial charge is 0.0253 e. The van der Waals surface area contributed by atoms with E-state index in [0.717, 1.165) is 6.42 Å². The van der Waals surface area contributed by atoms with Crippen LogP contribution in [0.4, 0.5) is 0 Å². The predicted octanol–water partition coefficient (Wildman–Crippen LogP) is 18.5. The van der Waals surface area contributed by atoms with E-state index in [1.165, 1.54) is 104 Å². The van der Waals surface area contributed by atoms with Crippen LogP contribution in [0.5, 0.6) is 0 Å². The minimum Gasteiger partial charge on any atom is -0.179 e. The molecule has 1 aliphatic carbocycles. The Hall–Kier alpha value is -4.48. The fourth-order valence-corrected chi connectivity index (χ4v) is 8.66. The second kappa shape index (κ2) is 27.1. The van der Waals surface area contributed by atoms with E-state index < -0.39 is 0 Å². The average Bonchev–Trinajstić information content (AvgIpc) is 4.16. The molecule has 0 aliphatic heterocycles. The first-order chi connectivity index (χ1) is 31.3. The molecule has 338 valence electrons. The van der Waals surface area contributed by atoms with Crippen LogP contribution in [-0.2, 0) is 54.9 Å². The van der Waals surface area contributed by atoms with E-state index >= 15 is 0 Å². The summed E-state index contributed by atoms with van der Waals surface area (Å²) in [7, 11) is 0. The topological polar surface area (TPSA) is 0 Å². The Balaban J connectivity index is 0.000000187. The molecular formula is C62H54Cl4Zr2. The van der Waals surface area contributed by atoms with Crippen LogP contribution in [0.3, 0.4) is 0 Å². The van der Waals surface area contributed by atoms with E-state index in [4.69, 9.17) is 0 Å². The molecule has 0 bridgehead atoms. The van der Waals surface area contributed by atoms with Crippen molar-refractivity contribution in [2.24, 2.45) is 0 Å². The van der Waals surface area contributed by atoms with Gasteiger partial charge in [0, 0.05) is 0 Å². The van der Waals surface area contributed by atoms with Crippen LogP contribution in [0.1, 0.15) is 38.8 Å².